The first kappa shape index (κ1) is 13.7. The second-order valence-electron chi connectivity index (χ2n) is 5.82. The van der Waals surface area contributed by atoms with Crippen LogP contribution in [0.5, 0.6) is 0 Å². The van der Waals surface area contributed by atoms with Crippen LogP contribution in [0.4, 0.5) is 5.82 Å². The fourth-order valence-corrected chi connectivity index (χ4v) is 1.84. The van der Waals surface area contributed by atoms with Crippen molar-refractivity contribution in [2.75, 3.05) is 25.0 Å². The molecular formula is C15H22N4. The first-order chi connectivity index (χ1) is 8.96. The second-order valence-corrected chi connectivity index (χ2v) is 5.82. The molecule has 0 saturated carbocycles. The third-order valence-corrected chi connectivity index (χ3v) is 2.93. The van der Waals surface area contributed by atoms with Crippen molar-refractivity contribution in [2.24, 2.45) is 0 Å². The Morgan fingerprint density at radius 2 is 1.84 bits per heavy atom. The molecule has 2 rings (SSSR count). The number of fused-ring (bicyclic) bond motifs is 1. The summed E-state index contributed by atoms with van der Waals surface area (Å²) in [5.41, 5.74) is 2.03. The maximum Gasteiger partial charge on any atom is 0.147 e. The summed E-state index contributed by atoms with van der Waals surface area (Å²) in [7, 11) is 2.04. The van der Waals surface area contributed by atoms with Gasteiger partial charge in [0.2, 0.25) is 0 Å². The van der Waals surface area contributed by atoms with Crippen molar-refractivity contribution < 1.29 is 0 Å². The van der Waals surface area contributed by atoms with Gasteiger partial charge in [-0.2, -0.15) is 0 Å². The lowest BCUT2D eigenvalue weighted by atomic mass is 10.1. The molecule has 0 amide bonds. The number of aromatic nitrogens is 2. The summed E-state index contributed by atoms with van der Waals surface area (Å²) in [5.74, 6) is 0.911. The number of hydrogen-bond acceptors (Lipinski definition) is 4. The normalized spacial score (nSPS) is 11.8. The van der Waals surface area contributed by atoms with Crippen molar-refractivity contribution in [1.29, 1.82) is 0 Å². The largest absolute Gasteiger partial charge is 0.357 e. The topological polar surface area (TPSA) is 41.0 Å². The molecule has 0 aliphatic rings. The molecule has 2 aromatic rings. The minimum Gasteiger partial charge on any atom is -0.357 e. The smallest absolute Gasteiger partial charge is 0.147 e. The number of hydrogen-bond donors (Lipinski definition) is 1. The molecular weight excluding hydrogens is 236 g/mol. The molecule has 1 aromatic carbocycles. The summed E-state index contributed by atoms with van der Waals surface area (Å²) in [6, 6.07) is 7.94. The van der Waals surface area contributed by atoms with Gasteiger partial charge in [0.1, 0.15) is 5.82 Å². The van der Waals surface area contributed by atoms with Gasteiger partial charge in [-0.3, -0.25) is 4.98 Å². The quantitative estimate of drug-likeness (QED) is 0.914. The Balaban J connectivity index is 2.03. The van der Waals surface area contributed by atoms with Crippen molar-refractivity contribution in [3.63, 3.8) is 0 Å². The molecule has 1 aromatic heterocycles. The fraction of sp³-hybridized carbons (Fsp3) is 0.467. The predicted molar refractivity (Wildman–Crippen MR) is 80.6 cm³/mol. The molecule has 102 valence electrons. The third-order valence-electron chi connectivity index (χ3n) is 2.93. The van der Waals surface area contributed by atoms with Crippen molar-refractivity contribution in [3.05, 3.63) is 30.5 Å². The zero-order valence-corrected chi connectivity index (χ0v) is 12.1. The van der Waals surface area contributed by atoms with Gasteiger partial charge in [-0.25, -0.2) is 4.98 Å². The monoisotopic (exact) mass is 258 g/mol. The molecule has 4 heteroatoms. The highest BCUT2D eigenvalue weighted by Crippen LogP contribution is 2.13. The van der Waals surface area contributed by atoms with Gasteiger partial charge in [-0.05, 0) is 32.9 Å². The highest BCUT2D eigenvalue weighted by molar-refractivity contribution is 5.75. The zero-order valence-electron chi connectivity index (χ0n) is 12.1. The van der Waals surface area contributed by atoms with Gasteiger partial charge in [0.15, 0.2) is 0 Å². The Labute approximate surface area is 114 Å². The van der Waals surface area contributed by atoms with E-state index in [2.05, 4.69) is 41.0 Å². The SMILES string of the molecule is CN(CCNC(C)(C)C)c1cnc2ccccc2n1. The molecule has 0 saturated heterocycles. The first-order valence-corrected chi connectivity index (χ1v) is 6.64. The van der Waals surface area contributed by atoms with E-state index in [1.54, 1.807) is 0 Å². The molecule has 0 aliphatic heterocycles. The van der Waals surface area contributed by atoms with Crippen LogP contribution >= 0.6 is 0 Å². The number of benzene rings is 1. The Morgan fingerprint density at radius 3 is 2.53 bits per heavy atom. The summed E-state index contributed by atoms with van der Waals surface area (Å²) in [6.07, 6.45) is 1.83. The van der Waals surface area contributed by atoms with Gasteiger partial charge in [-0.15, -0.1) is 0 Å². The average Bonchev–Trinajstić information content (AvgIpc) is 2.36. The molecule has 1 heterocycles. The van der Waals surface area contributed by atoms with Gasteiger partial charge in [-0.1, -0.05) is 12.1 Å². The Kier molecular flexibility index (Phi) is 4.00. The second kappa shape index (κ2) is 5.53. The lowest BCUT2D eigenvalue weighted by Crippen LogP contribution is -2.40. The molecule has 0 aliphatic carbocycles. The van der Waals surface area contributed by atoms with Crippen molar-refractivity contribution in [3.8, 4) is 0 Å². The van der Waals surface area contributed by atoms with Crippen LogP contribution in [0.1, 0.15) is 20.8 Å². The van der Waals surface area contributed by atoms with Crippen LogP contribution in [-0.2, 0) is 0 Å². The maximum atomic E-state index is 4.63. The summed E-state index contributed by atoms with van der Waals surface area (Å²) in [5, 5.41) is 3.47. The van der Waals surface area contributed by atoms with Crippen molar-refractivity contribution in [1.82, 2.24) is 15.3 Å². The number of anilines is 1. The van der Waals surface area contributed by atoms with E-state index in [0.717, 1.165) is 29.9 Å². The van der Waals surface area contributed by atoms with Crippen LogP contribution in [0.25, 0.3) is 11.0 Å². The molecule has 0 bridgehead atoms. The van der Waals surface area contributed by atoms with Crippen LogP contribution < -0.4 is 10.2 Å². The molecule has 0 atom stereocenters. The van der Waals surface area contributed by atoms with Gasteiger partial charge >= 0.3 is 0 Å². The van der Waals surface area contributed by atoms with Crippen LogP contribution in [0, 0.1) is 0 Å². The van der Waals surface area contributed by atoms with Crippen molar-refractivity contribution >= 4 is 16.9 Å². The van der Waals surface area contributed by atoms with E-state index >= 15 is 0 Å². The van der Waals surface area contributed by atoms with E-state index < -0.39 is 0 Å². The Bertz CT molecular complexity index is 545. The minimum atomic E-state index is 0.149. The molecule has 19 heavy (non-hydrogen) atoms. The molecule has 0 radical (unpaired) electrons. The van der Waals surface area contributed by atoms with E-state index in [1.807, 2.05) is 37.5 Å². The molecule has 0 spiro atoms. The van der Waals surface area contributed by atoms with Crippen LogP contribution in [0.3, 0.4) is 0 Å². The summed E-state index contributed by atoms with van der Waals surface area (Å²) >= 11 is 0. The highest BCUT2D eigenvalue weighted by atomic mass is 15.2. The van der Waals surface area contributed by atoms with Gasteiger partial charge in [0, 0.05) is 25.7 Å². The van der Waals surface area contributed by atoms with Crippen molar-refractivity contribution in [2.45, 2.75) is 26.3 Å². The number of nitrogens with one attached hydrogen (secondary N) is 1. The van der Waals surface area contributed by atoms with Crippen LogP contribution in [0.15, 0.2) is 30.5 Å². The van der Waals surface area contributed by atoms with Crippen LogP contribution in [-0.4, -0.2) is 35.6 Å². The van der Waals surface area contributed by atoms with Gasteiger partial charge in [0.05, 0.1) is 17.2 Å². The van der Waals surface area contributed by atoms with E-state index in [0.29, 0.717) is 0 Å². The number of para-hydroxylation sites is 2. The number of nitrogens with zero attached hydrogens (tertiary/aromatic N) is 3. The van der Waals surface area contributed by atoms with Crippen LogP contribution in [0.2, 0.25) is 0 Å². The molecule has 1 N–H and O–H groups in total. The predicted octanol–water partition coefficient (Wildman–Crippen LogP) is 2.45. The fourth-order valence-electron chi connectivity index (χ4n) is 1.84. The van der Waals surface area contributed by atoms with Gasteiger partial charge < -0.3 is 10.2 Å². The highest BCUT2D eigenvalue weighted by Gasteiger charge is 2.09. The maximum absolute atomic E-state index is 4.63. The van der Waals surface area contributed by atoms with E-state index in [-0.39, 0.29) is 5.54 Å². The number of rotatable bonds is 4. The Hall–Kier alpha value is -1.68. The summed E-state index contributed by atoms with van der Waals surface area (Å²) in [6.45, 7) is 8.34. The van der Waals surface area contributed by atoms with E-state index in [4.69, 9.17) is 0 Å². The zero-order chi connectivity index (χ0) is 13.9. The minimum absolute atomic E-state index is 0.149. The third kappa shape index (κ3) is 3.89. The lowest BCUT2D eigenvalue weighted by molar-refractivity contribution is 0.430. The Morgan fingerprint density at radius 1 is 1.16 bits per heavy atom. The number of likely N-dealkylation sites (N-methyl/N-ethyl adjacent to an activating group) is 1. The summed E-state index contributed by atoms with van der Waals surface area (Å²) < 4.78 is 0. The molecule has 4 nitrogen and oxygen atoms in total. The summed E-state index contributed by atoms with van der Waals surface area (Å²) in [4.78, 5) is 11.2. The molecule has 0 unspecified atom stereocenters. The standard InChI is InChI=1S/C15H22N4/c1-15(2,3)17-9-10-19(4)14-11-16-12-7-5-6-8-13(12)18-14/h5-8,11,17H,9-10H2,1-4H3. The van der Waals surface area contributed by atoms with Gasteiger partial charge in [0.25, 0.3) is 0 Å². The average molecular weight is 258 g/mol. The van der Waals surface area contributed by atoms with E-state index in [1.165, 1.54) is 0 Å². The first-order valence-electron chi connectivity index (χ1n) is 6.64. The van der Waals surface area contributed by atoms with E-state index in [9.17, 15) is 0 Å². The lowest BCUT2D eigenvalue weighted by Gasteiger charge is -2.24. The molecule has 0 fully saturated rings.